The summed E-state index contributed by atoms with van der Waals surface area (Å²) in [6.07, 6.45) is 0.829. The first kappa shape index (κ1) is 13.1. The summed E-state index contributed by atoms with van der Waals surface area (Å²) in [7, 11) is -0.00741. The lowest BCUT2D eigenvalue weighted by atomic mass is 10.2. The first-order valence-corrected chi connectivity index (χ1v) is 7.27. The van der Waals surface area contributed by atoms with Crippen molar-refractivity contribution in [3.63, 3.8) is 0 Å². The Balaban J connectivity index is 3.40. The molecule has 0 atom stereocenters. The molecular weight excluding hydrogens is 204 g/mol. The predicted octanol–water partition coefficient (Wildman–Crippen LogP) is 0.788. The molecule has 0 rings (SSSR count). The second-order valence-corrected chi connectivity index (χ2v) is 5.32. The first-order chi connectivity index (χ1) is 6.56. The standard InChI is InChI=1S/C8H16O5Si/c1-11-7(9)5-4-6-8(10)12-13-14(2)3/h14H,4-6H2,1-3H3. The van der Waals surface area contributed by atoms with Gasteiger partial charge in [0.2, 0.25) is 9.04 Å². The fourth-order valence-corrected chi connectivity index (χ4v) is 0.970. The van der Waals surface area contributed by atoms with Crippen molar-refractivity contribution in [2.24, 2.45) is 0 Å². The Hall–Kier alpha value is -0.883. The van der Waals surface area contributed by atoms with Crippen LogP contribution in [-0.2, 0) is 23.8 Å². The topological polar surface area (TPSA) is 61.8 Å². The van der Waals surface area contributed by atoms with Gasteiger partial charge in [-0.2, -0.15) is 0 Å². The molecule has 0 aromatic rings. The highest BCUT2D eigenvalue weighted by molar-refractivity contribution is 6.48. The molecule has 0 saturated heterocycles. The van der Waals surface area contributed by atoms with E-state index in [4.69, 9.17) is 4.58 Å². The average Bonchev–Trinajstić information content (AvgIpc) is 2.14. The summed E-state index contributed by atoms with van der Waals surface area (Å²) in [5, 5.41) is 0. The molecule has 0 amide bonds. The average molecular weight is 220 g/mol. The Morgan fingerprint density at radius 1 is 1.14 bits per heavy atom. The van der Waals surface area contributed by atoms with E-state index in [2.05, 4.69) is 9.62 Å². The number of carbonyl (C=O) groups excluding carboxylic acids is 2. The fourth-order valence-electron chi connectivity index (χ4n) is 0.671. The van der Waals surface area contributed by atoms with Gasteiger partial charge in [-0.1, -0.05) is 0 Å². The zero-order chi connectivity index (χ0) is 11.0. The number of hydrogen-bond acceptors (Lipinski definition) is 5. The molecule has 0 fully saturated rings. The molecule has 82 valence electrons. The van der Waals surface area contributed by atoms with E-state index >= 15 is 0 Å². The molecule has 0 bridgehead atoms. The Kier molecular flexibility index (Phi) is 7.04. The number of ether oxygens (including phenoxy) is 1. The minimum Gasteiger partial charge on any atom is -0.469 e. The molecule has 0 aromatic carbocycles. The highest BCUT2D eigenvalue weighted by atomic mass is 28.3. The minimum absolute atomic E-state index is 0.177. The number of esters is 1. The molecule has 0 radical (unpaired) electrons. The monoisotopic (exact) mass is 220 g/mol. The second-order valence-electron chi connectivity index (χ2n) is 3.03. The Labute approximate surface area is 85.0 Å². The van der Waals surface area contributed by atoms with E-state index in [0.29, 0.717) is 6.42 Å². The van der Waals surface area contributed by atoms with Crippen LogP contribution in [0.1, 0.15) is 19.3 Å². The van der Waals surface area contributed by atoms with Crippen molar-refractivity contribution in [1.82, 2.24) is 0 Å². The highest BCUT2D eigenvalue weighted by Crippen LogP contribution is 2.00. The van der Waals surface area contributed by atoms with Crippen LogP contribution < -0.4 is 0 Å². The molecule has 0 saturated carbocycles. The first-order valence-electron chi connectivity index (χ1n) is 4.49. The van der Waals surface area contributed by atoms with E-state index in [1.807, 2.05) is 13.1 Å². The van der Waals surface area contributed by atoms with Gasteiger partial charge in [0, 0.05) is 12.8 Å². The van der Waals surface area contributed by atoms with Gasteiger partial charge in [0.15, 0.2) is 0 Å². The van der Waals surface area contributed by atoms with Gasteiger partial charge in [-0.15, -0.1) is 0 Å². The smallest absolute Gasteiger partial charge is 0.340 e. The lowest BCUT2D eigenvalue weighted by Crippen LogP contribution is -2.13. The van der Waals surface area contributed by atoms with Crippen LogP contribution in [0.15, 0.2) is 0 Å². The summed E-state index contributed by atoms with van der Waals surface area (Å²) in [4.78, 5) is 26.1. The predicted molar refractivity (Wildman–Crippen MR) is 51.9 cm³/mol. The summed E-state index contributed by atoms with van der Waals surface area (Å²) < 4.78 is 9.18. The van der Waals surface area contributed by atoms with Gasteiger partial charge in [0.05, 0.1) is 7.11 Å². The number of methoxy groups -OCH3 is 1. The van der Waals surface area contributed by atoms with E-state index in [0.717, 1.165) is 0 Å². The zero-order valence-electron chi connectivity index (χ0n) is 8.74. The summed E-state index contributed by atoms with van der Waals surface area (Å²) in [6, 6.07) is 0. The molecule has 6 heteroatoms. The van der Waals surface area contributed by atoms with Crippen LogP contribution in [0.5, 0.6) is 0 Å². The van der Waals surface area contributed by atoms with Crippen molar-refractivity contribution in [2.75, 3.05) is 7.11 Å². The lowest BCUT2D eigenvalue weighted by Gasteiger charge is -2.05. The van der Waals surface area contributed by atoms with Crippen LogP contribution in [0.4, 0.5) is 0 Å². The van der Waals surface area contributed by atoms with Gasteiger partial charge in [0.1, 0.15) is 0 Å². The third-order valence-electron chi connectivity index (χ3n) is 1.32. The third-order valence-corrected chi connectivity index (χ3v) is 1.80. The minimum atomic E-state index is -1.32. The van der Waals surface area contributed by atoms with E-state index in [1.165, 1.54) is 7.11 Å². The SMILES string of the molecule is COC(=O)CCCC(=O)OO[SiH](C)C. The van der Waals surface area contributed by atoms with Crippen LogP contribution in [0.3, 0.4) is 0 Å². The number of hydrogen-bond donors (Lipinski definition) is 0. The van der Waals surface area contributed by atoms with E-state index in [9.17, 15) is 9.59 Å². The Morgan fingerprint density at radius 3 is 2.21 bits per heavy atom. The van der Waals surface area contributed by atoms with Gasteiger partial charge in [0.25, 0.3) is 0 Å². The largest absolute Gasteiger partial charge is 0.469 e. The van der Waals surface area contributed by atoms with Crippen molar-refractivity contribution in [3.05, 3.63) is 0 Å². The fraction of sp³-hybridized carbons (Fsp3) is 0.750. The molecule has 0 aliphatic rings. The van der Waals surface area contributed by atoms with Crippen LogP contribution in [0.25, 0.3) is 0 Å². The van der Waals surface area contributed by atoms with Crippen molar-refractivity contribution in [2.45, 2.75) is 32.4 Å². The Bertz CT molecular complexity index is 192. The molecule has 0 aromatic heterocycles. The lowest BCUT2D eigenvalue weighted by molar-refractivity contribution is -0.216. The van der Waals surface area contributed by atoms with Crippen molar-refractivity contribution in [1.29, 1.82) is 0 Å². The molecule has 0 aliphatic carbocycles. The highest BCUT2D eigenvalue weighted by Gasteiger charge is 2.08. The van der Waals surface area contributed by atoms with E-state index < -0.39 is 15.0 Å². The molecule has 5 nitrogen and oxygen atoms in total. The van der Waals surface area contributed by atoms with Gasteiger partial charge < -0.3 is 9.62 Å². The van der Waals surface area contributed by atoms with Crippen LogP contribution in [0, 0.1) is 0 Å². The number of rotatable bonds is 6. The summed E-state index contributed by atoms with van der Waals surface area (Å²) in [6.45, 7) is 3.78. The third kappa shape index (κ3) is 7.75. The maximum atomic E-state index is 10.9. The molecule has 0 heterocycles. The summed E-state index contributed by atoms with van der Waals surface area (Å²) in [5.74, 6) is -0.757. The van der Waals surface area contributed by atoms with E-state index in [-0.39, 0.29) is 18.8 Å². The van der Waals surface area contributed by atoms with Gasteiger partial charge >= 0.3 is 11.9 Å². The van der Waals surface area contributed by atoms with Gasteiger partial charge in [-0.3, -0.25) is 4.79 Å². The zero-order valence-corrected chi connectivity index (χ0v) is 9.89. The Morgan fingerprint density at radius 2 is 1.71 bits per heavy atom. The molecule has 0 unspecified atom stereocenters. The summed E-state index contributed by atoms with van der Waals surface area (Å²) in [5.41, 5.74) is 0. The van der Waals surface area contributed by atoms with Crippen LogP contribution in [0.2, 0.25) is 13.1 Å². The van der Waals surface area contributed by atoms with E-state index in [1.54, 1.807) is 0 Å². The molecule has 0 spiro atoms. The number of carbonyl (C=O) groups is 2. The van der Waals surface area contributed by atoms with Crippen molar-refractivity contribution in [3.8, 4) is 0 Å². The molecule has 0 aliphatic heterocycles. The summed E-state index contributed by atoms with van der Waals surface area (Å²) >= 11 is 0. The molecular formula is C8H16O5Si. The van der Waals surface area contributed by atoms with Crippen molar-refractivity contribution < 1.29 is 23.8 Å². The van der Waals surface area contributed by atoms with Crippen molar-refractivity contribution >= 4 is 21.0 Å². The molecule has 14 heavy (non-hydrogen) atoms. The molecule has 0 N–H and O–H groups in total. The van der Waals surface area contributed by atoms with Crippen LogP contribution in [-0.4, -0.2) is 28.1 Å². The second kappa shape index (κ2) is 7.51. The van der Waals surface area contributed by atoms with Gasteiger partial charge in [-0.05, 0) is 19.5 Å². The van der Waals surface area contributed by atoms with Crippen LogP contribution >= 0.6 is 0 Å². The maximum Gasteiger partial charge on any atom is 0.340 e. The van der Waals surface area contributed by atoms with Gasteiger partial charge in [-0.25, -0.2) is 9.37 Å². The quantitative estimate of drug-likeness (QED) is 0.286. The normalized spacial score (nSPS) is 10.0. The maximum absolute atomic E-state index is 10.9.